The summed E-state index contributed by atoms with van der Waals surface area (Å²) in [5.41, 5.74) is 1.02. The summed E-state index contributed by atoms with van der Waals surface area (Å²) in [5.74, 6) is 1.70. The van der Waals surface area contributed by atoms with Crippen molar-refractivity contribution < 1.29 is 18.8 Å². The minimum atomic E-state index is -0.356. The van der Waals surface area contributed by atoms with E-state index in [2.05, 4.69) is 19.0 Å². The lowest BCUT2D eigenvalue weighted by Gasteiger charge is -2.58. The highest BCUT2D eigenvalue weighted by molar-refractivity contribution is 6.30. The highest BCUT2D eigenvalue weighted by Crippen LogP contribution is 2.55. The van der Waals surface area contributed by atoms with Crippen molar-refractivity contribution >= 4 is 17.5 Å². The molecule has 6 nitrogen and oxygen atoms in total. The zero-order valence-electron chi connectivity index (χ0n) is 16.9. The molecule has 1 aromatic carbocycles. The number of carbonyl (C=O) groups excluding carboxylic acids is 1. The van der Waals surface area contributed by atoms with Crippen molar-refractivity contribution in [1.29, 1.82) is 0 Å². The van der Waals surface area contributed by atoms with Gasteiger partial charge in [-0.25, -0.2) is 0 Å². The average molecular weight is 417 g/mol. The maximum Gasteiger partial charge on any atom is 0.276 e. The van der Waals surface area contributed by atoms with Crippen LogP contribution in [0.4, 0.5) is 0 Å². The van der Waals surface area contributed by atoms with Crippen LogP contribution in [-0.2, 0) is 11.2 Å². The number of nitrogens with zero attached hydrogens (tertiary/aromatic N) is 2. The smallest absolute Gasteiger partial charge is 0.276 e. The van der Waals surface area contributed by atoms with Crippen LogP contribution in [0.1, 0.15) is 55.1 Å². The second kappa shape index (κ2) is 6.47. The fourth-order valence-corrected chi connectivity index (χ4v) is 5.18. The Labute approximate surface area is 175 Å². The second-order valence-corrected chi connectivity index (χ2v) is 9.56. The van der Waals surface area contributed by atoms with Crippen molar-refractivity contribution in [3.8, 4) is 5.75 Å². The summed E-state index contributed by atoms with van der Waals surface area (Å²) in [6, 6.07) is 7.47. The number of fused-ring (bicyclic) bond motifs is 3. The number of rotatable bonds is 2. The van der Waals surface area contributed by atoms with E-state index in [1.807, 2.05) is 30.0 Å². The Kier molecular flexibility index (Phi) is 4.23. The molecule has 0 N–H and O–H groups in total. The molecule has 2 fully saturated rings. The third-order valence-corrected chi connectivity index (χ3v) is 6.83. The van der Waals surface area contributed by atoms with Gasteiger partial charge in [0, 0.05) is 47.5 Å². The number of benzene rings is 1. The summed E-state index contributed by atoms with van der Waals surface area (Å²) in [6.07, 6.45) is 1.63. The van der Waals surface area contributed by atoms with Gasteiger partial charge in [-0.2, -0.15) is 0 Å². The third kappa shape index (κ3) is 3.04. The van der Waals surface area contributed by atoms with Crippen molar-refractivity contribution in [3.63, 3.8) is 0 Å². The van der Waals surface area contributed by atoms with Crippen LogP contribution in [0.5, 0.6) is 5.75 Å². The molecule has 3 aliphatic heterocycles. The molecular formula is C22H25ClN2O4. The van der Waals surface area contributed by atoms with Gasteiger partial charge in [-0.05, 0) is 38.5 Å². The van der Waals surface area contributed by atoms with Crippen LogP contribution in [0.3, 0.4) is 0 Å². The van der Waals surface area contributed by atoms with E-state index in [9.17, 15) is 4.79 Å². The molecule has 0 saturated carbocycles. The van der Waals surface area contributed by atoms with Crippen LogP contribution >= 0.6 is 11.6 Å². The fourth-order valence-electron chi connectivity index (χ4n) is 5.00. The fraction of sp³-hybridized carbons (Fsp3) is 0.545. The third-order valence-electron chi connectivity index (χ3n) is 6.60. The van der Waals surface area contributed by atoms with E-state index < -0.39 is 0 Å². The molecule has 154 valence electrons. The van der Waals surface area contributed by atoms with Gasteiger partial charge in [0.1, 0.15) is 17.1 Å². The number of amides is 1. The number of halogens is 1. The van der Waals surface area contributed by atoms with Crippen LogP contribution in [0.15, 0.2) is 28.8 Å². The van der Waals surface area contributed by atoms with Gasteiger partial charge in [0.05, 0.1) is 12.7 Å². The molecule has 2 aromatic rings. The van der Waals surface area contributed by atoms with Gasteiger partial charge >= 0.3 is 0 Å². The van der Waals surface area contributed by atoms with Crippen LogP contribution in [0.25, 0.3) is 0 Å². The van der Waals surface area contributed by atoms with Gasteiger partial charge < -0.3 is 18.9 Å². The number of aryl methyl sites for hydroxylation is 1. The topological polar surface area (TPSA) is 64.8 Å². The van der Waals surface area contributed by atoms with Crippen LogP contribution < -0.4 is 4.74 Å². The number of ether oxygens (including phenoxy) is 2. The molecule has 2 saturated heterocycles. The monoisotopic (exact) mass is 416 g/mol. The maximum absolute atomic E-state index is 12.7. The Morgan fingerprint density at radius 1 is 1.31 bits per heavy atom. The molecule has 7 heteroatoms. The molecule has 0 bridgehead atoms. The Balaban J connectivity index is 1.33. The highest BCUT2D eigenvalue weighted by atomic mass is 35.5. The Morgan fingerprint density at radius 2 is 2.10 bits per heavy atom. The minimum absolute atomic E-state index is 0.0366. The lowest BCUT2D eigenvalue weighted by Crippen LogP contribution is -2.65. The van der Waals surface area contributed by atoms with Crippen molar-refractivity contribution in [2.75, 3.05) is 19.7 Å². The molecule has 0 aliphatic carbocycles. The van der Waals surface area contributed by atoms with Crippen LogP contribution in [0.2, 0.25) is 5.02 Å². The molecule has 1 amide bonds. The molecule has 5 rings (SSSR count). The molecule has 0 unspecified atom stereocenters. The summed E-state index contributed by atoms with van der Waals surface area (Å²) >= 11 is 6.23. The maximum atomic E-state index is 12.7. The standard InChI is InChI=1S/C22H25ClN2O4/c1-4-14-8-17(24-29-14)20(26)25-10-22(11-25)9-16-19(27-12-22)15-7-13(23)5-6-18(15)28-21(16,2)3/h5-8,16,19H,4,9-12H2,1-3H3/t16-,19+/m0/s1. The van der Waals surface area contributed by atoms with Crippen LogP contribution in [0, 0.1) is 11.3 Å². The van der Waals surface area contributed by atoms with Gasteiger partial charge in [0.2, 0.25) is 0 Å². The van der Waals surface area contributed by atoms with Crippen molar-refractivity contribution in [1.82, 2.24) is 10.1 Å². The first-order valence-electron chi connectivity index (χ1n) is 10.2. The number of aromatic nitrogens is 1. The molecule has 2 atom stereocenters. The van der Waals surface area contributed by atoms with Crippen molar-refractivity contribution in [2.24, 2.45) is 11.3 Å². The summed E-state index contributed by atoms with van der Waals surface area (Å²) in [6.45, 7) is 8.17. The van der Waals surface area contributed by atoms with E-state index in [1.165, 1.54) is 0 Å². The second-order valence-electron chi connectivity index (χ2n) is 9.12. The Morgan fingerprint density at radius 3 is 2.83 bits per heavy atom. The van der Waals surface area contributed by atoms with Gasteiger partial charge in [0.25, 0.3) is 5.91 Å². The molecular weight excluding hydrogens is 392 g/mol. The van der Waals surface area contributed by atoms with Gasteiger partial charge in [-0.1, -0.05) is 23.7 Å². The van der Waals surface area contributed by atoms with Gasteiger partial charge in [0.15, 0.2) is 5.69 Å². The number of hydrogen-bond acceptors (Lipinski definition) is 5. The van der Waals surface area contributed by atoms with E-state index in [4.69, 9.17) is 25.6 Å². The predicted octanol–water partition coefficient (Wildman–Crippen LogP) is 4.28. The lowest BCUT2D eigenvalue weighted by molar-refractivity contribution is -0.191. The molecule has 0 radical (unpaired) electrons. The lowest BCUT2D eigenvalue weighted by atomic mass is 9.64. The number of carbonyl (C=O) groups is 1. The first-order chi connectivity index (χ1) is 13.8. The normalized spacial score (nSPS) is 26.3. The summed E-state index contributed by atoms with van der Waals surface area (Å²) in [4.78, 5) is 14.6. The largest absolute Gasteiger partial charge is 0.487 e. The quantitative estimate of drug-likeness (QED) is 0.731. The minimum Gasteiger partial charge on any atom is -0.487 e. The predicted molar refractivity (Wildman–Crippen MR) is 107 cm³/mol. The number of likely N-dealkylation sites (tertiary alicyclic amines) is 1. The highest BCUT2D eigenvalue weighted by Gasteiger charge is 2.56. The first-order valence-corrected chi connectivity index (χ1v) is 10.5. The molecule has 1 spiro atoms. The molecule has 29 heavy (non-hydrogen) atoms. The summed E-state index contributed by atoms with van der Waals surface area (Å²) < 4.78 is 17.9. The van der Waals surface area contributed by atoms with E-state index >= 15 is 0 Å². The van der Waals surface area contributed by atoms with Crippen molar-refractivity contribution in [2.45, 2.75) is 45.3 Å². The van der Waals surface area contributed by atoms with E-state index in [0.29, 0.717) is 30.4 Å². The van der Waals surface area contributed by atoms with E-state index in [-0.39, 0.29) is 28.9 Å². The Hall–Kier alpha value is -2.05. The average Bonchev–Trinajstić information content (AvgIpc) is 3.15. The zero-order chi connectivity index (χ0) is 20.4. The zero-order valence-corrected chi connectivity index (χ0v) is 17.7. The Bertz CT molecular complexity index is 963. The summed E-state index contributed by atoms with van der Waals surface area (Å²) in [5, 5.41) is 4.60. The molecule has 1 aromatic heterocycles. The number of hydrogen-bond donors (Lipinski definition) is 0. The summed E-state index contributed by atoms with van der Waals surface area (Å²) in [7, 11) is 0. The molecule has 4 heterocycles. The van der Waals surface area contributed by atoms with Crippen molar-refractivity contribution in [3.05, 3.63) is 46.3 Å². The van der Waals surface area contributed by atoms with Gasteiger partial charge in [-0.15, -0.1) is 0 Å². The molecule has 3 aliphatic rings. The SMILES string of the molecule is CCc1cc(C(=O)N2CC3(CO[C@@H]4c5cc(Cl)ccc5OC(C)(C)[C@H]4C3)C2)no1. The first kappa shape index (κ1) is 18.9. The van der Waals surface area contributed by atoms with Crippen LogP contribution in [-0.4, -0.2) is 41.3 Å². The van der Waals surface area contributed by atoms with E-state index in [1.54, 1.807) is 6.07 Å². The van der Waals surface area contributed by atoms with Gasteiger partial charge in [-0.3, -0.25) is 4.79 Å². The van der Waals surface area contributed by atoms with E-state index in [0.717, 1.165) is 29.9 Å².